The summed E-state index contributed by atoms with van der Waals surface area (Å²) in [6, 6.07) is 20.0. The van der Waals surface area contributed by atoms with Crippen molar-refractivity contribution in [2.75, 3.05) is 68.8 Å². The number of nitrogens with one attached hydrogen (secondary N) is 2. The number of terminal acetylenes is 2. The molecule has 6 unspecified atom stereocenters. The Morgan fingerprint density at radius 2 is 1.19 bits per heavy atom. The number of aromatic hydroxyl groups is 2. The summed E-state index contributed by atoms with van der Waals surface area (Å²) in [5, 5.41) is 32.5. The third kappa shape index (κ3) is 8.78. The molecule has 8 aliphatic rings. The van der Waals surface area contributed by atoms with Gasteiger partial charge in [0, 0.05) is 116 Å². The van der Waals surface area contributed by atoms with Crippen molar-refractivity contribution >= 4 is 55.0 Å². The van der Waals surface area contributed by atoms with Crippen LogP contribution in [-0.4, -0.2) is 140 Å². The molecule has 0 spiro atoms. The van der Waals surface area contributed by atoms with E-state index in [1.54, 1.807) is 48.8 Å². The maximum absolute atomic E-state index is 17.1. The molecule has 0 saturated carbocycles. The Bertz CT molecular complexity index is 4170. The van der Waals surface area contributed by atoms with Gasteiger partial charge < -0.3 is 40.1 Å². The zero-order chi connectivity index (χ0) is 57.5. The van der Waals surface area contributed by atoms with Crippen molar-refractivity contribution in [1.82, 2.24) is 40.4 Å². The third-order valence-corrected chi connectivity index (χ3v) is 20.5. The molecule has 4 aromatic heterocycles. The van der Waals surface area contributed by atoms with E-state index in [2.05, 4.69) is 42.1 Å². The first-order chi connectivity index (χ1) is 41.4. The number of hydrogen-bond donors (Lipinski definition) is 4. The molecule has 16 rings (SSSR count). The van der Waals surface area contributed by atoms with Gasteiger partial charge in [0.05, 0.1) is 44.6 Å². The highest BCUT2D eigenvalue weighted by atomic mass is 19.1. The number of phenolic OH excluding ortho intramolecular Hbond substituents is 2. The smallest absolute Gasteiger partial charge is 0.216 e. The Morgan fingerprint density at radius 3 is 1.81 bits per heavy atom. The van der Waals surface area contributed by atoms with Crippen LogP contribution in [-0.2, 0) is 0 Å². The molecule has 12 heterocycles. The lowest BCUT2D eigenvalue weighted by Crippen LogP contribution is -2.51. The van der Waals surface area contributed by atoms with Gasteiger partial charge in [0.1, 0.15) is 53.6 Å². The van der Waals surface area contributed by atoms with Gasteiger partial charge in [-0.1, -0.05) is 17.9 Å². The standard InChI is InChI=1S/C68H65F3N10O4/c1-3-48-54(70)12-7-38-19-46(82)22-50(63(38)48)39-20-56-65(72-29-39)59(78-32-42-8-9-43(33-78)74-42)26-61(76-56)84-36-67-14-6-18-81(67)58(13-16-67)52-25-55(71)49(4-2)64-51(23-47(83)24-53(52)64)40-21-57-66(73-30-40)60(79-34-44-10-11-45(35-79)75-44)27-62(77-57)85-37-68-15-5-17-80(68)31-41(69)28-68/h1-2,7,12,19-27,29-30,41-45,58,74-75,82-83H,5-6,8-11,13-18,28,31-37H2/t41-,42?,43?,44?,45?,58?,67?,68+/m1/s1. The number of aromatic nitrogens is 4. The van der Waals surface area contributed by atoms with Crippen molar-refractivity contribution in [3.8, 4) is 70.2 Å². The van der Waals surface area contributed by atoms with E-state index in [0.29, 0.717) is 134 Å². The van der Waals surface area contributed by atoms with Crippen LogP contribution in [0.4, 0.5) is 24.5 Å². The maximum Gasteiger partial charge on any atom is 0.216 e. The zero-order valence-corrected chi connectivity index (χ0v) is 47.2. The summed E-state index contributed by atoms with van der Waals surface area (Å²) in [6.07, 6.45) is 24.7. The number of pyridine rings is 4. The van der Waals surface area contributed by atoms with Crippen LogP contribution >= 0.6 is 0 Å². The van der Waals surface area contributed by atoms with Crippen LogP contribution in [0.1, 0.15) is 93.4 Å². The van der Waals surface area contributed by atoms with Gasteiger partial charge in [-0.3, -0.25) is 19.8 Å². The van der Waals surface area contributed by atoms with Crippen molar-refractivity contribution in [3.05, 3.63) is 107 Å². The molecular weight excluding hydrogens is 1080 g/mol. The first-order valence-electron chi connectivity index (χ1n) is 30.3. The second-order valence-electron chi connectivity index (χ2n) is 25.5. The SMILES string of the molecule is C#Cc1c(F)ccc2cc(O)cc(-c3cnc4c(N5CC6CCC(C5)N6)cc(OCC56CCCN5C(c5cc(F)c(C#C)c7c(-c8cnc9c(N%10CC%11CCC(C%10)N%11)cc(OC[C@@]%10%11CCCN%10C[C@H](F)C%11)nc9c8)cc(O)cc57)CC6)nc4c3)c12. The highest BCUT2D eigenvalue weighted by Gasteiger charge is 2.52. The van der Waals surface area contributed by atoms with Crippen molar-refractivity contribution in [1.29, 1.82) is 0 Å². The zero-order valence-electron chi connectivity index (χ0n) is 47.2. The fraction of sp³-hybridized carbons (Fsp3) is 0.412. The van der Waals surface area contributed by atoms with Gasteiger partial charge in [-0.15, -0.1) is 12.8 Å². The van der Waals surface area contributed by atoms with Crippen LogP contribution in [0, 0.1) is 36.3 Å². The molecular formula is C68H65F3N10O4. The number of nitrogens with zero attached hydrogens (tertiary/aromatic N) is 8. The molecule has 8 atom stereocenters. The molecule has 432 valence electrons. The molecule has 4 bridgehead atoms. The summed E-state index contributed by atoms with van der Waals surface area (Å²) in [5.74, 6) is 5.07. The number of ether oxygens (including phenoxy) is 2. The third-order valence-electron chi connectivity index (χ3n) is 20.5. The Balaban J connectivity index is 0.746. The Labute approximate surface area is 490 Å². The number of fused-ring (bicyclic) bond motifs is 10. The molecule has 0 amide bonds. The number of halogens is 3. The molecule has 17 heteroatoms. The van der Waals surface area contributed by atoms with Crippen LogP contribution in [0.15, 0.2) is 79.1 Å². The monoisotopic (exact) mass is 1140 g/mol. The van der Waals surface area contributed by atoms with E-state index in [-0.39, 0.29) is 34.2 Å². The molecule has 8 saturated heterocycles. The average molecular weight is 1140 g/mol. The van der Waals surface area contributed by atoms with E-state index < -0.39 is 23.3 Å². The summed E-state index contributed by atoms with van der Waals surface area (Å²) < 4.78 is 60.9. The lowest BCUT2D eigenvalue weighted by atomic mass is 9.88. The summed E-state index contributed by atoms with van der Waals surface area (Å²) >= 11 is 0. The van der Waals surface area contributed by atoms with E-state index in [0.717, 1.165) is 114 Å². The minimum absolute atomic E-state index is 0.00629. The van der Waals surface area contributed by atoms with Crippen molar-refractivity contribution in [2.45, 2.75) is 118 Å². The molecule has 4 aromatic carbocycles. The lowest BCUT2D eigenvalue weighted by molar-refractivity contribution is 0.0873. The number of anilines is 2. The van der Waals surface area contributed by atoms with E-state index in [4.69, 9.17) is 42.3 Å². The number of hydrogen-bond acceptors (Lipinski definition) is 14. The van der Waals surface area contributed by atoms with Crippen LogP contribution < -0.4 is 29.9 Å². The normalized spacial score (nSPS) is 27.1. The number of rotatable bonds is 11. The van der Waals surface area contributed by atoms with Gasteiger partial charge in [0.25, 0.3) is 0 Å². The second-order valence-corrected chi connectivity index (χ2v) is 25.5. The topological polar surface area (TPSA) is 148 Å². The Kier molecular flexibility index (Phi) is 12.4. The minimum Gasteiger partial charge on any atom is -0.508 e. The molecule has 8 fully saturated rings. The maximum atomic E-state index is 17.1. The van der Waals surface area contributed by atoms with E-state index in [9.17, 15) is 14.6 Å². The van der Waals surface area contributed by atoms with Gasteiger partial charge in [-0.25, -0.2) is 23.1 Å². The van der Waals surface area contributed by atoms with Crippen molar-refractivity contribution < 1.29 is 32.9 Å². The summed E-state index contributed by atoms with van der Waals surface area (Å²) in [4.78, 5) is 29.9. The number of alkyl halides is 1. The van der Waals surface area contributed by atoms with Crippen LogP contribution in [0.5, 0.6) is 23.3 Å². The summed E-state index contributed by atoms with van der Waals surface area (Å²) in [7, 11) is 0. The van der Waals surface area contributed by atoms with E-state index >= 15 is 8.78 Å². The molecule has 8 aromatic rings. The average Bonchev–Trinajstić information content (AvgIpc) is 2.61. The Hall–Kier alpha value is -7.93. The molecule has 0 radical (unpaired) electrons. The highest BCUT2D eigenvalue weighted by molar-refractivity contribution is 6.06. The lowest BCUT2D eigenvalue weighted by Gasteiger charge is -2.36. The van der Waals surface area contributed by atoms with Crippen molar-refractivity contribution in [2.24, 2.45) is 0 Å². The highest BCUT2D eigenvalue weighted by Crippen LogP contribution is 2.52. The first-order valence-corrected chi connectivity index (χ1v) is 30.3. The van der Waals surface area contributed by atoms with Gasteiger partial charge in [0.2, 0.25) is 11.8 Å². The summed E-state index contributed by atoms with van der Waals surface area (Å²) in [5.41, 5.74) is 6.87. The minimum atomic E-state index is -0.884. The van der Waals surface area contributed by atoms with Gasteiger partial charge in [0.15, 0.2) is 0 Å². The fourth-order valence-electron chi connectivity index (χ4n) is 16.7. The van der Waals surface area contributed by atoms with Gasteiger partial charge >= 0.3 is 0 Å². The Morgan fingerprint density at radius 1 is 0.624 bits per heavy atom. The predicted octanol–water partition coefficient (Wildman–Crippen LogP) is 10.5. The van der Waals surface area contributed by atoms with Crippen LogP contribution in [0.3, 0.4) is 0 Å². The fourth-order valence-corrected chi connectivity index (χ4v) is 16.7. The quantitative estimate of drug-likeness (QED) is 0.0911. The second kappa shape index (κ2) is 20.1. The summed E-state index contributed by atoms with van der Waals surface area (Å²) in [6.45, 7) is 5.91. The number of piperazine rings is 2. The van der Waals surface area contributed by atoms with E-state index in [1.165, 1.54) is 6.07 Å². The predicted molar refractivity (Wildman–Crippen MR) is 323 cm³/mol. The first kappa shape index (κ1) is 52.6. The number of benzene rings is 4. The van der Waals surface area contributed by atoms with Crippen LogP contribution in [0.25, 0.3) is 65.9 Å². The van der Waals surface area contributed by atoms with Crippen LogP contribution in [0.2, 0.25) is 0 Å². The molecule has 85 heavy (non-hydrogen) atoms. The largest absolute Gasteiger partial charge is 0.508 e. The molecule has 4 N–H and O–H groups in total. The number of phenols is 2. The molecule has 8 aliphatic heterocycles. The van der Waals surface area contributed by atoms with Gasteiger partial charge in [-0.2, -0.15) is 0 Å². The van der Waals surface area contributed by atoms with Gasteiger partial charge in [-0.05, 0) is 153 Å². The van der Waals surface area contributed by atoms with Crippen molar-refractivity contribution in [3.63, 3.8) is 0 Å². The molecule has 14 nitrogen and oxygen atoms in total. The molecule has 0 aliphatic carbocycles. The van der Waals surface area contributed by atoms with E-state index in [1.807, 2.05) is 24.3 Å².